The second kappa shape index (κ2) is 9.28. The van der Waals surface area contributed by atoms with E-state index in [-0.39, 0.29) is 5.97 Å². The fourth-order valence-electron chi connectivity index (χ4n) is 1.38. The predicted molar refractivity (Wildman–Crippen MR) is 83.4 cm³/mol. The van der Waals surface area contributed by atoms with Crippen molar-refractivity contribution in [2.45, 2.75) is 38.3 Å². The lowest BCUT2D eigenvalue weighted by Crippen LogP contribution is -2.24. The molecule has 0 radical (unpaired) electrons. The van der Waals surface area contributed by atoms with Crippen LogP contribution in [0.5, 0.6) is 0 Å². The van der Waals surface area contributed by atoms with Crippen molar-refractivity contribution in [3.63, 3.8) is 0 Å². The van der Waals surface area contributed by atoms with E-state index in [9.17, 15) is 4.79 Å². The third-order valence-corrected chi connectivity index (χ3v) is 4.75. The van der Waals surface area contributed by atoms with E-state index in [1.807, 2.05) is 29.0 Å². The highest BCUT2D eigenvalue weighted by Crippen LogP contribution is 2.33. The molecule has 0 atom stereocenters. The van der Waals surface area contributed by atoms with Gasteiger partial charge in [-0.25, -0.2) is 0 Å². The van der Waals surface area contributed by atoms with Crippen LogP contribution in [-0.2, 0) is 16.1 Å². The molecule has 1 N–H and O–H groups in total. The smallest absolute Gasteiger partial charge is 0.302 e. The third-order valence-electron chi connectivity index (χ3n) is 2.29. The third kappa shape index (κ3) is 7.50. The molecule has 1 aromatic carbocycles. The van der Waals surface area contributed by atoms with E-state index in [1.54, 1.807) is 10.8 Å². The first-order valence-corrected chi connectivity index (χ1v) is 8.65. The Hall–Kier alpha value is -0.650. The van der Waals surface area contributed by atoms with Gasteiger partial charge in [0.25, 0.3) is 0 Å². The zero-order chi connectivity index (χ0) is 14.1. The van der Waals surface area contributed by atoms with E-state index in [4.69, 9.17) is 4.74 Å². The van der Waals surface area contributed by atoms with Crippen LogP contribution in [0.4, 0.5) is 0 Å². The molecule has 0 aromatic heterocycles. The molecule has 0 unspecified atom stereocenters. The van der Waals surface area contributed by atoms with Crippen LogP contribution >= 0.6 is 21.6 Å². The minimum absolute atomic E-state index is 0.242. The van der Waals surface area contributed by atoms with Crippen LogP contribution < -0.4 is 5.32 Å². The average molecular weight is 299 g/mol. The van der Waals surface area contributed by atoms with Crippen LogP contribution in [0.2, 0.25) is 0 Å². The van der Waals surface area contributed by atoms with Crippen LogP contribution in [0.3, 0.4) is 0 Å². The van der Waals surface area contributed by atoms with Gasteiger partial charge >= 0.3 is 5.97 Å². The highest BCUT2D eigenvalue weighted by atomic mass is 33.1. The number of hydrogen-bond acceptors (Lipinski definition) is 5. The molecule has 106 valence electrons. The van der Waals surface area contributed by atoms with Crippen molar-refractivity contribution in [2.75, 3.05) is 12.3 Å². The number of esters is 1. The van der Waals surface area contributed by atoms with E-state index < -0.39 is 0 Å². The summed E-state index contributed by atoms with van der Waals surface area (Å²) in [7, 11) is 3.55. The number of carbonyl (C=O) groups excluding carboxylic acids is 1. The first-order valence-electron chi connectivity index (χ1n) is 6.33. The van der Waals surface area contributed by atoms with Crippen LogP contribution in [0, 0.1) is 0 Å². The lowest BCUT2D eigenvalue weighted by atomic mass is 10.2. The minimum Gasteiger partial charge on any atom is -0.461 e. The Morgan fingerprint density at radius 1 is 1.37 bits per heavy atom. The second-order valence-electron chi connectivity index (χ2n) is 4.40. The molecule has 19 heavy (non-hydrogen) atoms. The van der Waals surface area contributed by atoms with Gasteiger partial charge in [0.2, 0.25) is 0 Å². The molecule has 1 rings (SSSR count). The Kier molecular flexibility index (Phi) is 8.02. The number of carbonyl (C=O) groups is 1. The van der Waals surface area contributed by atoms with Crippen molar-refractivity contribution in [3.8, 4) is 0 Å². The summed E-state index contributed by atoms with van der Waals surface area (Å²) < 4.78 is 5.05. The van der Waals surface area contributed by atoms with Crippen molar-refractivity contribution in [1.82, 2.24) is 5.32 Å². The fraction of sp³-hybridized carbons (Fsp3) is 0.500. The topological polar surface area (TPSA) is 38.3 Å². The first-order chi connectivity index (χ1) is 9.09. The SMILES string of the molecule is CC(=O)OCc1ccccc1SSCCNC(C)C. The molecule has 0 aliphatic carbocycles. The molecular weight excluding hydrogens is 278 g/mol. The van der Waals surface area contributed by atoms with Gasteiger partial charge in [0.1, 0.15) is 6.61 Å². The molecule has 0 fully saturated rings. The van der Waals surface area contributed by atoms with Gasteiger partial charge in [-0.3, -0.25) is 4.79 Å². The van der Waals surface area contributed by atoms with Gasteiger partial charge < -0.3 is 10.1 Å². The molecule has 0 spiro atoms. The van der Waals surface area contributed by atoms with Gasteiger partial charge in [0.05, 0.1) is 0 Å². The highest BCUT2D eigenvalue weighted by Gasteiger charge is 2.04. The zero-order valence-corrected chi connectivity index (χ0v) is 13.3. The van der Waals surface area contributed by atoms with Gasteiger partial charge in [-0.2, -0.15) is 0 Å². The molecule has 5 heteroatoms. The van der Waals surface area contributed by atoms with Crippen LogP contribution in [0.15, 0.2) is 29.2 Å². The quantitative estimate of drug-likeness (QED) is 0.452. The maximum Gasteiger partial charge on any atom is 0.302 e. The van der Waals surface area contributed by atoms with Crippen molar-refractivity contribution >= 4 is 27.6 Å². The molecule has 0 heterocycles. The van der Waals surface area contributed by atoms with E-state index in [0.717, 1.165) is 17.9 Å². The summed E-state index contributed by atoms with van der Waals surface area (Å²) in [6, 6.07) is 8.56. The fourth-order valence-corrected chi connectivity index (χ4v) is 3.53. The Balaban J connectivity index is 2.37. The maximum atomic E-state index is 10.8. The molecular formula is C14H21NO2S2. The Bertz CT molecular complexity index is 397. The Morgan fingerprint density at radius 2 is 2.11 bits per heavy atom. The molecule has 0 bridgehead atoms. The van der Waals surface area contributed by atoms with Gasteiger partial charge in [-0.15, -0.1) is 0 Å². The minimum atomic E-state index is -0.242. The van der Waals surface area contributed by atoms with Crippen molar-refractivity contribution in [1.29, 1.82) is 0 Å². The summed E-state index contributed by atoms with van der Waals surface area (Å²) >= 11 is 0. The van der Waals surface area contributed by atoms with Crippen LogP contribution in [-0.4, -0.2) is 24.3 Å². The molecule has 0 saturated carbocycles. The second-order valence-corrected chi connectivity index (χ2v) is 6.86. The maximum absolute atomic E-state index is 10.8. The van der Waals surface area contributed by atoms with Crippen molar-refractivity contribution in [3.05, 3.63) is 29.8 Å². The molecule has 0 saturated heterocycles. The lowest BCUT2D eigenvalue weighted by molar-refractivity contribution is -0.142. The van der Waals surface area contributed by atoms with Crippen LogP contribution in [0.1, 0.15) is 26.3 Å². The summed E-state index contributed by atoms with van der Waals surface area (Å²) in [6.45, 7) is 7.07. The van der Waals surface area contributed by atoms with E-state index in [2.05, 4.69) is 25.2 Å². The van der Waals surface area contributed by atoms with Crippen LogP contribution in [0.25, 0.3) is 0 Å². The molecule has 0 aliphatic heterocycles. The molecule has 0 aliphatic rings. The molecule has 3 nitrogen and oxygen atoms in total. The van der Waals surface area contributed by atoms with Crippen molar-refractivity contribution < 1.29 is 9.53 Å². The average Bonchev–Trinajstić information content (AvgIpc) is 2.36. The largest absolute Gasteiger partial charge is 0.461 e. The monoisotopic (exact) mass is 299 g/mol. The first kappa shape index (κ1) is 16.4. The number of benzene rings is 1. The number of hydrogen-bond donors (Lipinski definition) is 1. The van der Waals surface area contributed by atoms with E-state index in [0.29, 0.717) is 12.6 Å². The van der Waals surface area contributed by atoms with E-state index >= 15 is 0 Å². The van der Waals surface area contributed by atoms with Gasteiger partial charge in [0.15, 0.2) is 0 Å². The number of ether oxygens (including phenoxy) is 1. The summed E-state index contributed by atoms with van der Waals surface area (Å²) in [4.78, 5) is 12.0. The summed E-state index contributed by atoms with van der Waals surface area (Å²) in [5.74, 6) is 0.804. The highest BCUT2D eigenvalue weighted by molar-refractivity contribution is 8.76. The van der Waals surface area contributed by atoms with E-state index in [1.165, 1.54) is 11.8 Å². The van der Waals surface area contributed by atoms with Gasteiger partial charge in [-0.05, 0) is 6.07 Å². The van der Waals surface area contributed by atoms with Crippen molar-refractivity contribution in [2.24, 2.45) is 0 Å². The van der Waals surface area contributed by atoms with Gasteiger partial charge in [-0.1, -0.05) is 53.6 Å². The Morgan fingerprint density at radius 3 is 2.79 bits per heavy atom. The number of nitrogens with one attached hydrogen (secondary N) is 1. The normalized spacial score (nSPS) is 10.7. The predicted octanol–water partition coefficient (Wildman–Crippen LogP) is 3.49. The van der Waals surface area contributed by atoms with Gasteiger partial charge in [0, 0.05) is 35.7 Å². The molecule has 1 aromatic rings. The summed E-state index contributed by atoms with van der Waals surface area (Å²) in [6.07, 6.45) is 0. The Labute approximate surface area is 123 Å². The summed E-state index contributed by atoms with van der Waals surface area (Å²) in [5.41, 5.74) is 1.06. The lowest BCUT2D eigenvalue weighted by Gasteiger charge is -2.09. The standard InChI is InChI=1S/C14H21NO2S2/c1-11(2)15-8-9-18-19-14-7-5-4-6-13(14)10-17-12(3)16/h4-7,11,15H,8-10H2,1-3H3. The molecule has 0 amide bonds. The summed E-state index contributed by atoms with van der Waals surface area (Å²) in [5, 5.41) is 3.38. The zero-order valence-electron chi connectivity index (χ0n) is 11.6. The number of rotatable bonds is 8.